The first-order valence-corrected chi connectivity index (χ1v) is 7.62. The maximum Gasteiger partial charge on any atom is 0.331 e. The fraction of sp³-hybridized carbons (Fsp3) is 0.263. The van der Waals surface area contributed by atoms with E-state index in [9.17, 15) is 14.7 Å². The number of rotatable bonds is 7. The standard InChI is InChI=1S/C19H21NO4/c1-19(13-24-2,18(22)23)20-17(21)12-14-8-10-16(11-9-14)15-6-4-3-5-7-15/h3-11H,12-13H2,1-2H3,(H,20,21)(H,22,23). The molecule has 2 aromatic carbocycles. The Morgan fingerprint density at radius 3 is 2.17 bits per heavy atom. The summed E-state index contributed by atoms with van der Waals surface area (Å²) >= 11 is 0. The van der Waals surface area contributed by atoms with Crippen molar-refractivity contribution in [1.82, 2.24) is 5.32 Å². The lowest BCUT2D eigenvalue weighted by Gasteiger charge is -2.25. The Morgan fingerprint density at radius 2 is 1.62 bits per heavy atom. The van der Waals surface area contributed by atoms with Gasteiger partial charge in [0.1, 0.15) is 0 Å². The van der Waals surface area contributed by atoms with Crippen LogP contribution in [-0.2, 0) is 20.7 Å². The van der Waals surface area contributed by atoms with E-state index in [1.54, 1.807) is 0 Å². The highest BCUT2D eigenvalue weighted by Crippen LogP contribution is 2.19. The molecule has 5 nitrogen and oxygen atoms in total. The summed E-state index contributed by atoms with van der Waals surface area (Å²) < 4.78 is 4.89. The number of carbonyl (C=O) groups is 2. The third-order valence-corrected chi connectivity index (χ3v) is 3.75. The number of carbonyl (C=O) groups excluding carboxylic acids is 1. The molecule has 24 heavy (non-hydrogen) atoms. The number of methoxy groups -OCH3 is 1. The van der Waals surface area contributed by atoms with E-state index in [1.165, 1.54) is 14.0 Å². The van der Waals surface area contributed by atoms with Gasteiger partial charge in [-0.3, -0.25) is 4.79 Å². The summed E-state index contributed by atoms with van der Waals surface area (Å²) in [5.41, 5.74) is 1.55. The van der Waals surface area contributed by atoms with Gasteiger partial charge in [0.05, 0.1) is 13.0 Å². The van der Waals surface area contributed by atoms with E-state index in [2.05, 4.69) is 5.32 Å². The average molecular weight is 327 g/mol. The predicted molar refractivity (Wildman–Crippen MR) is 91.6 cm³/mol. The van der Waals surface area contributed by atoms with Crippen molar-refractivity contribution in [3.63, 3.8) is 0 Å². The maximum absolute atomic E-state index is 12.1. The first-order chi connectivity index (χ1) is 11.4. The molecular weight excluding hydrogens is 306 g/mol. The smallest absolute Gasteiger partial charge is 0.331 e. The molecule has 0 aromatic heterocycles. The molecule has 1 amide bonds. The van der Waals surface area contributed by atoms with Crippen molar-refractivity contribution in [3.05, 3.63) is 60.2 Å². The molecule has 0 saturated heterocycles. The minimum atomic E-state index is -1.43. The van der Waals surface area contributed by atoms with Crippen LogP contribution in [0.1, 0.15) is 12.5 Å². The lowest BCUT2D eigenvalue weighted by Crippen LogP contribution is -2.55. The average Bonchev–Trinajstić information content (AvgIpc) is 2.56. The third-order valence-electron chi connectivity index (χ3n) is 3.75. The van der Waals surface area contributed by atoms with Crippen LogP contribution in [0.15, 0.2) is 54.6 Å². The Labute approximate surface area is 141 Å². The molecule has 0 aliphatic rings. The minimum Gasteiger partial charge on any atom is -0.479 e. The summed E-state index contributed by atoms with van der Waals surface area (Å²) in [6, 6.07) is 17.6. The Kier molecular flexibility index (Phi) is 5.71. The summed E-state index contributed by atoms with van der Waals surface area (Å²) in [5, 5.41) is 11.8. The lowest BCUT2D eigenvalue weighted by atomic mass is 10.0. The van der Waals surface area contributed by atoms with Gasteiger partial charge in [0.25, 0.3) is 0 Å². The van der Waals surface area contributed by atoms with Crippen LogP contribution >= 0.6 is 0 Å². The van der Waals surface area contributed by atoms with Crippen LogP contribution in [-0.4, -0.2) is 36.2 Å². The van der Waals surface area contributed by atoms with Crippen LogP contribution in [0.3, 0.4) is 0 Å². The van der Waals surface area contributed by atoms with Crippen molar-refractivity contribution in [2.24, 2.45) is 0 Å². The highest BCUT2D eigenvalue weighted by Gasteiger charge is 2.34. The van der Waals surface area contributed by atoms with E-state index in [0.717, 1.165) is 16.7 Å². The van der Waals surface area contributed by atoms with Crippen LogP contribution in [0.4, 0.5) is 0 Å². The van der Waals surface area contributed by atoms with Gasteiger partial charge in [0.2, 0.25) is 5.91 Å². The van der Waals surface area contributed by atoms with Gasteiger partial charge in [-0.25, -0.2) is 4.79 Å². The highest BCUT2D eigenvalue weighted by atomic mass is 16.5. The van der Waals surface area contributed by atoms with Crippen molar-refractivity contribution in [2.45, 2.75) is 18.9 Å². The first kappa shape index (κ1) is 17.7. The van der Waals surface area contributed by atoms with E-state index in [1.807, 2.05) is 54.6 Å². The first-order valence-electron chi connectivity index (χ1n) is 7.62. The van der Waals surface area contributed by atoms with Gasteiger partial charge >= 0.3 is 5.97 Å². The topological polar surface area (TPSA) is 75.6 Å². The molecule has 1 atom stereocenters. The normalized spacial score (nSPS) is 13.1. The second kappa shape index (κ2) is 7.75. The lowest BCUT2D eigenvalue weighted by molar-refractivity contribution is -0.149. The van der Waals surface area contributed by atoms with Crippen LogP contribution in [0.25, 0.3) is 11.1 Å². The largest absolute Gasteiger partial charge is 0.479 e. The second-order valence-corrected chi connectivity index (χ2v) is 5.86. The molecule has 2 rings (SSSR count). The van der Waals surface area contributed by atoms with E-state index in [-0.39, 0.29) is 18.9 Å². The fourth-order valence-electron chi connectivity index (χ4n) is 2.42. The molecule has 0 heterocycles. The number of carboxylic acids is 1. The molecule has 2 aromatic rings. The van der Waals surface area contributed by atoms with Gasteiger partial charge in [-0.1, -0.05) is 54.6 Å². The summed E-state index contributed by atoms with van der Waals surface area (Å²) in [6.45, 7) is 1.33. The number of hydrogen-bond donors (Lipinski definition) is 2. The zero-order chi connectivity index (χ0) is 17.6. The molecule has 5 heteroatoms. The van der Waals surface area contributed by atoms with E-state index in [0.29, 0.717) is 0 Å². The van der Waals surface area contributed by atoms with Crippen LogP contribution in [0, 0.1) is 0 Å². The summed E-state index contributed by atoms with van der Waals surface area (Å²) in [7, 11) is 1.40. The van der Waals surface area contributed by atoms with Gasteiger partial charge in [0, 0.05) is 7.11 Å². The Morgan fingerprint density at radius 1 is 1.04 bits per heavy atom. The van der Waals surface area contributed by atoms with Crippen molar-refractivity contribution < 1.29 is 19.4 Å². The zero-order valence-electron chi connectivity index (χ0n) is 13.8. The van der Waals surface area contributed by atoms with Crippen molar-refractivity contribution in [2.75, 3.05) is 13.7 Å². The second-order valence-electron chi connectivity index (χ2n) is 5.86. The predicted octanol–water partition coefficient (Wildman–Crippen LogP) is 2.50. The highest BCUT2D eigenvalue weighted by molar-refractivity contribution is 5.87. The van der Waals surface area contributed by atoms with Crippen molar-refractivity contribution in [3.8, 4) is 11.1 Å². The fourth-order valence-corrected chi connectivity index (χ4v) is 2.42. The molecule has 0 spiro atoms. The van der Waals surface area contributed by atoms with Gasteiger partial charge in [0.15, 0.2) is 5.54 Å². The molecule has 0 aliphatic carbocycles. The zero-order valence-corrected chi connectivity index (χ0v) is 13.8. The van der Waals surface area contributed by atoms with Crippen LogP contribution < -0.4 is 5.32 Å². The van der Waals surface area contributed by atoms with Crippen molar-refractivity contribution in [1.29, 1.82) is 0 Å². The molecule has 0 saturated carbocycles. The van der Waals surface area contributed by atoms with E-state index >= 15 is 0 Å². The van der Waals surface area contributed by atoms with Crippen LogP contribution in [0.5, 0.6) is 0 Å². The number of benzene rings is 2. The quantitative estimate of drug-likeness (QED) is 0.819. The molecule has 0 aliphatic heterocycles. The number of carboxylic acid groups (broad SMARTS) is 1. The summed E-state index contributed by atoms with van der Waals surface area (Å²) in [5.74, 6) is -1.48. The molecule has 0 radical (unpaired) electrons. The SMILES string of the molecule is COCC(C)(NC(=O)Cc1ccc(-c2ccccc2)cc1)C(=O)O. The summed E-state index contributed by atoms with van der Waals surface area (Å²) in [6.07, 6.45) is 0.113. The number of amides is 1. The van der Waals surface area contributed by atoms with Gasteiger partial charge < -0.3 is 15.2 Å². The monoisotopic (exact) mass is 327 g/mol. The van der Waals surface area contributed by atoms with Gasteiger partial charge in [-0.2, -0.15) is 0 Å². The number of hydrogen-bond acceptors (Lipinski definition) is 3. The number of ether oxygens (including phenoxy) is 1. The third kappa shape index (κ3) is 4.43. The van der Waals surface area contributed by atoms with Crippen molar-refractivity contribution >= 4 is 11.9 Å². The molecule has 126 valence electrons. The Balaban J connectivity index is 2.03. The maximum atomic E-state index is 12.1. The summed E-state index contributed by atoms with van der Waals surface area (Å²) in [4.78, 5) is 23.4. The molecule has 0 fully saturated rings. The Bertz CT molecular complexity index is 697. The van der Waals surface area contributed by atoms with Gasteiger partial charge in [-0.15, -0.1) is 0 Å². The van der Waals surface area contributed by atoms with Gasteiger partial charge in [-0.05, 0) is 23.6 Å². The molecular formula is C19H21NO4. The molecule has 0 bridgehead atoms. The number of nitrogens with one attached hydrogen (secondary N) is 1. The Hall–Kier alpha value is -2.66. The van der Waals surface area contributed by atoms with Crippen LogP contribution in [0.2, 0.25) is 0 Å². The van der Waals surface area contributed by atoms with E-state index < -0.39 is 11.5 Å². The minimum absolute atomic E-state index is 0.0962. The molecule has 2 N–H and O–H groups in total. The number of aliphatic carboxylic acids is 1. The van der Waals surface area contributed by atoms with E-state index in [4.69, 9.17) is 4.74 Å². The molecule has 1 unspecified atom stereocenters.